The number of hydrogen-bond donors (Lipinski definition) is 0. The summed E-state index contributed by atoms with van der Waals surface area (Å²) in [6.45, 7) is 4.09. The molecule has 1 aliphatic rings. The van der Waals surface area contributed by atoms with Crippen LogP contribution in [-0.4, -0.2) is 9.78 Å². The van der Waals surface area contributed by atoms with Gasteiger partial charge in [0.25, 0.3) is 11.5 Å². The molecule has 0 bridgehead atoms. The second-order valence-corrected chi connectivity index (χ2v) is 7.14. The lowest BCUT2D eigenvalue weighted by molar-refractivity contribution is -0.573. The first-order valence-corrected chi connectivity index (χ1v) is 9.10. The van der Waals surface area contributed by atoms with Crippen LogP contribution >= 0.6 is 0 Å². The Labute approximate surface area is 158 Å². The van der Waals surface area contributed by atoms with Gasteiger partial charge in [-0.3, -0.25) is 0 Å². The maximum atomic E-state index is 6.27. The summed E-state index contributed by atoms with van der Waals surface area (Å²) in [7, 11) is 0. The van der Waals surface area contributed by atoms with Crippen molar-refractivity contribution in [1.29, 1.82) is 0 Å². The minimum Gasteiger partial charge on any atom is -0.452 e. The molecule has 2 heterocycles. The molecular formula is C23H20N3O+. The van der Waals surface area contributed by atoms with E-state index < -0.39 is 5.72 Å². The molecule has 1 aliphatic heterocycles. The van der Waals surface area contributed by atoms with Gasteiger partial charge in [0.2, 0.25) is 0 Å². The van der Waals surface area contributed by atoms with Gasteiger partial charge in [0.05, 0.1) is 16.2 Å². The first kappa shape index (κ1) is 15.8. The van der Waals surface area contributed by atoms with Gasteiger partial charge >= 0.3 is 5.82 Å². The number of fused-ring (bicyclic) bond motifs is 3. The minimum atomic E-state index is -0.590. The topological polar surface area (TPSA) is 30.9 Å². The molecule has 3 aromatic carbocycles. The lowest BCUT2D eigenvalue weighted by Gasteiger charge is -2.28. The van der Waals surface area contributed by atoms with Crippen LogP contribution in [0.1, 0.15) is 13.8 Å². The summed E-state index contributed by atoms with van der Waals surface area (Å²) in [6, 6.07) is 28.8. The molecule has 0 N–H and O–H groups in total. The van der Waals surface area contributed by atoms with E-state index in [2.05, 4.69) is 47.0 Å². The monoisotopic (exact) mass is 354 g/mol. The van der Waals surface area contributed by atoms with Gasteiger partial charge in [-0.2, -0.15) is 4.57 Å². The molecule has 0 fully saturated rings. The van der Waals surface area contributed by atoms with Crippen LogP contribution < -0.4 is 9.30 Å². The molecule has 0 saturated carbocycles. The van der Waals surface area contributed by atoms with Gasteiger partial charge in [-0.15, -0.1) is 0 Å². The van der Waals surface area contributed by atoms with Crippen LogP contribution in [0.4, 0.5) is 0 Å². The second kappa shape index (κ2) is 5.81. The van der Waals surface area contributed by atoms with Crippen LogP contribution in [0.25, 0.3) is 28.5 Å². The molecule has 0 radical (unpaired) electrons. The van der Waals surface area contributed by atoms with E-state index in [-0.39, 0.29) is 0 Å². The Balaban J connectivity index is 1.90. The molecule has 5 rings (SSSR count). The van der Waals surface area contributed by atoms with Crippen LogP contribution in [0.2, 0.25) is 0 Å². The van der Waals surface area contributed by atoms with Gasteiger partial charge in [-0.05, 0) is 36.4 Å². The van der Waals surface area contributed by atoms with Crippen molar-refractivity contribution in [2.75, 3.05) is 0 Å². The van der Waals surface area contributed by atoms with Crippen molar-refractivity contribution in [1.82, 2.24) is 9.78 Å². The Bertz CT molecular complexity index is 1120. The zero-order chi connectivity index (χ0) is 18.4. The molecule has 0 atom stereocenters. The number of nitrogens with zero attached hydrogens (tertiary/aromatic N) is 3. The first-order chi connectivity index (χ1) is 13.1. The fraction of sp³-hybridized carbons (Fsp3) is 0.130. The third-order valence-electron chi connectivity index (χ3n) is 4.86. The lowest BCUT2D eigenvalue weighted by Crippen LogP contribution is -2.42. The molecule has 4 aromatic rings. The van der Waals surface area contributed by atoms with Crippen LogP contribution in [0, 0.1) is 0 Å². The van der Waals surface area contributed by atoms with Gasteiger partial charge in [0.15, 0.2) is 0 Å². The van der Waals surface area contributed by atoms with E-state index in [9.17, 15) is 0 Å². The first-order valence-electron chi connectivity index (χ1n) is 9.10. The van der Waals surface area contributed by atoms with Gasteiger partial charge < -0.3 is 4.74 Å². The van der Waals surface area contributed by atoms with Crippen molar-refractivity contribution in [3.63, 3.8) is 0 Å². The highest BCUT2D eigenvalue weighted by Crippen LogP contribution is 2.39. The largest absolute Gasteiger partial charge is 0.452 e. The Hall–Kier alpha value is -3.40. The standard InChI is InChI=1S/C23H20N3O/c1-23(2)26-22(19-15-9-10-16-20(19)27-23)25(18-13-7-4-8-14-18)21(24-26)17-11-5-3-6-12-17/h3-16H,1-2H3/q+1. The summed E-state index contributed by atoms with van der Waals surface area (Å²) >= 11 is 0. The fourth-order valence-corrected chi connectivity index (χ4v) is 3.64. The van der Waals surface area contributed by atoms with Crippen molar-refractivity contribution in [3.05, 3.63) is 84.9 Å². The van der Waals surface area contributed by atoms with E-state index in [1.54, 1.807) is 0 Å². The molecule has 27 heavy (non-hydrogen) atoms. The van der Waals surface area contributed by atoms with Crippen LogP contribution in [-0.2, 0) is 5.72 Å². The van der Waals surface area contributed by atoms with E-state index in [4.69, 9.17) is 9.84 Å². The highest BCUT2D eigenvalue weighted by molar-refractivity contribution is 5.66. The number of ether oxygens (including phenoxy) is 1. The van der Waals surface area contributed by atoms with E-state index >= 15 is 0 Å². The number of benzene rings is 3. The quantitative estimate of drug-likeness (QED) is 0.493. The molecule has 4 heteroatoms. The van der Waals surface area contributed by atoms with Gasteiger partial charge in [-0.1, -0.05) is 53.2 Å². The van der Waals surface area contributed by atoms with Crippen LogP contribution in [0.15, 0.2) is 84.9 Å². The average Bonchev–Trinajstić information content (AvgIpc) is 3.11. The van der Waals surface area contributed by atoms with E-state index in [1.165, 1.54) is 0 Å². The molecule has 0 amide bonds. The zero-order valence-electron chi connectivity index (χ0n) is 15.3. The Kier molecular flexibility index (Phi) is 3.41. The molecule has 0 unspecified atom stereocenters. The van der Waals surface area contributed by atoms with Gasteiger partial charge in [0, 0.05) is 13.8 Å². The van der Waals surface area contributed by atoms with Gasteiger partial charge in [-0.25, -0.2) is 0 Å². The van der Waals surface area contributed by atoms with Crippen molar-refractivity contribution < 1.29 is 9.30 Å². The minimum absolute atomic E-state index is 0.590. The highest BCUT2D eigenvalue weighted by Gasteiger charge is 2.44. The van der Waals surface area contributed by atoms with E-state index in [0.29, 0.717) is 0 Å². The lowest BCUT2D eigenvalue weighted by atomic mass is 10.1. The van der Waals surface area contributed by atoms with Crippen molar-refractivity contribution in [2.45, 2.75) is 19.6 Å². The summed E-state index contributed by atoms with van der Waals surface area (Å²) in [5.74, 6) is 2.79. The summed E-state index contributed by atoms with van der Waals surface area (Å²) in [5.41, 5.74) is 2.59. The summed E-state index contributed by atoms with van der Waals surface area (Å²) in [5, 5.41) is 5.00. The SMILES string of the molecule is CC1(C)Oc2ccccc2-c2n1nc(-c1ccccc1)[n+]2-c1ccccc1. The molecule has 0 saturated heterocycles. The normalized spacial score (nSPS) is 14.1. The molecule has 4 nitrogen and oxygen atoms in total. The summed E-state index contributed by atoms with van der Waals surface area (Å²) in [4.78, 5) is 0. The molecule has 132 valence electrons. The van der Waals surface area contributed by atoms with Crippen LogP contribution in [0.3, 0.4) is 0 Å². The van der Waals surface area contributed by atoms with Crippen molar-refractivity contribution >= 4 is 0 Å². The molecule has 1 aromatic heterocycles. The second-order valence-electron chi connectivity index (χ2n) is 7.14. The van der Waals surface area contributed by atoms with E-state index in [1.807, 2.05) is 61.0 Å². The maximum Gasteiger partial charge on any atom is 0.314 e. The zero-order valence-corrected chi connectivity index (χ0v) is 15.3. The van der Waals surface area contributed by atoms with Gasteiger partial charge in [0.1, 0.15) is 11.4 Å². The molecular weight excluding hydrogens is 334 g/mol. The third kappa shape index (κ3) is 2.45. The Morgan fingerprint density at radius 3 is 2.19 bits per heavy atom. The van der Waals surface area contributed by atoms with Crippen molar-refractivity contribution in [3.8, 4) is 34.2 Å². The smallest absolute Gasteiger partial charge is 0.314 e. The van der Waals surface area contributed by atoms with Crippen molar-refractivity contribution in [2.24, 2.45) is 0 Å². The Morgan fingerprint density at radius 2 is 1.44 bits per heavy atom. The summed E-state index contributed by atoms with van der Waals surface area (Å²) in [6.07, 6.45) is 0. The highest BCUT2D eigenvalue weighted by atomic mass is 16.5. The molecule has 0 aliphatic carbocycles. The molecule has 0 spiro atoms. The number of rotatable bonds is 2. The van der Waals surface area contributed by atoms with Crippen LogP contribution in [0.5, 0.6) is 5.75 Å². The predicted molar refractivity (Wildman–Crippen MR) is 105 cm³/mol. The number of hydrogen-bond acceptors (Lipinski definition) is 2. The summed E-state index contributed by atoms with van der Waals surface area (Å²) < 4.78 is 10.5. The predicted octanol–water partition coefficient (Wildman–Crippen LogP) is 4.58. The maximum absolute atomic E-state index is 6.27. The third-order valence-corrected chi connectivity index (χ3v) is 4.86. The number of para-hydroxylation sites is 2. The number of aromatic nitrogens is 3. The Morgan fingerprint density at radius 1 is 0.815 bits per heavy atom. The average molecular weight is 354 g/mol. The van der Waals surface area contributed by atoms with E-state index in [0.717, 1.165) is 34.2 Å². The fourth-order valence-electron chi connectivity index (χ4n) is 3.64.